The maximum absolute atomic E-state index is 3.96. The number of fused-ring (bicyclic) bond motifs is 3. The fourth-order valence-corrected chi connectivity index (χ4v) is 9.24. The van der Waals surface area contributed by atoms with Crippen molar-refractivity contribution >= 4 is 3.21 Å². The molecule has 0 amide bonds. The van der Waals surface area contributed by atoms with Gasteiger partial charge in [0.2, 0.25) is 0 Å². The number of benzene rings is 6. The van der Waals surface area contributed by atoms with Crippen molar-refractivity contribution in [2.24, 2.45) is 0 Å². The van der Waals surface area contributed by atoms with E-state index in [2.05, 4.69) is 217 Å². The van der Waals surface area contributed by atoms with E-state index in [1.807, 2.05) is 30.3 Å². The number of halogens is 2. The summed E-state index contributed by atoms with van der Waals surface area (Å²) in [5, 5.41) is 0. The maximum atomic E-state index is 3.96. The summed E-state index contributed by atoms with van der Waals surface area (Å²) in [5.74, 6) is 0. The van der Waals surface area contributed by atoms with Gasteiger partial charge < -0.3 is 24.8 Å². The quantitative estimate of drug-likeness (QED) is 0.146. The van der Waals surface area contributed by atoms with Crippen LogP contribution in [0.2, 0.25) is 0 Å². The number of hydrogen-bond donors (Lipinski definition) is 0. The molecule has 0 radical (unpaired) electrons. The minimum Gasteiger partial charge on any atom is -0.214 e. The Morgan fingerprint density at radius 2 is 0.922 bits per heavy atom. The summed E-state index contributed by atoms with van der Waals surface area (Å²) >= 11 is 1.55. The Labute approximate surface area is 414 Å². The molecule has 1 aliphatic rings. The molecular weight excluding hydrogens is 895 g/mol. The fraction of sp³-hybridized carbons (Fsp3) is 0.311. The SMILES string of the molecule is CC(C)(C)c1ccc(-c2[c-]c3c(cc2C(C)(C)C)-c2cc(C(C)(C)C)c(-c4ccc(C(C)(C)C)cc4)cc2C3)cc1.[Cl-].[Cl-].[Zr+2]=[C](Cc1ccccc1)Cc1ccccc1.c1cc[cH-]c1. The summed E-state index contributed by atoms with van der Waals surface area (Å²) in [6, 6.07) is 61.3. The molecule has 0 saturated heterocycles. The van der Waals surface area contributed by atoms with Gasteiger partial charge in [0.25, 0.3) is 0 Å². The molecular formula is C61H68Cl2Zr-2. The van der Waals surface area contributed by atoms with Gasteiger partial charge in [-0.25, -0.2) is 12.1 Å². The van der Waals surface area contributed by atoms with Crippen LogP contribution in [-0.4, -0.2) is 3.21 Å². The molecule has 0 saturated carbocycles. The Morgan fingerprint density at radius 1 is 0.484 bits per heavy atom. The van der Waals surface area contributed by atoms with Crippen LogP contribution in [0.1, 0.15) is 128 Å². The first-order chi connectivity index (χ1) is 29.2. The van der Waals surface area contributed by atoms with Crippen LogP contribution in [0.3, 0.4) is 0 Å². The van der Waals surface area contributed by atoms with Crippen molar-refractivity contribution in [3.8, 4) is 33.4 Å². The minimum atomic E-state index is 0. The van der Waals surface area contributed by atoms with Crippen molar-refractivity contribution in [3.05, 3.63) is 208 Å². The Hall–Kier alpha value is -4.00. The molecule has 0 heterocycles. The molecule has 0 aliphatic heterocycles. The van der Waals surface area contributed by atoms with Crippen molar-refractivity contribution in [3.63, 3.8) is 0 Å². The predicted molar refractivity (Wildman–Crippen MR) is 267 cm³/mol. The van der Waals surface area contributed by atoms with Crippen molar-refractivity contribution in [1.82, 2.24) is 0 Å². The standard InChI is InChI=1S/C41H49.C15H14.C5H5.2ClH.Zr/c1-38(2,3)30-17-13-26(14-18-30)34-22-28-21-29-23-35(27-15-19-31(20-16-27)39(4,5)6)37(41(10,11)12)25-33(29)32(28)24-36(34)40(7,8)9;1-3-8-14(9-4-1)12-7-13-15-10-5-2-6-11-15;1-2-4-5-3-1;;;/h13-20,22,24-25H,21H2,1-12H3;1-6,8-11H,12-13H2;1-5H;2*1H;/q-1;;-1;;;+2/p-2. The molecule has 8 rings (SSSR count). The summed E-state index contributed by atoms with van der Waals surface area (Å²) in [5.41, 5.74) is 19.3. The number of hydrogen-bond acceptors (Lipinski definition) is 0. The Morgan fingerprint density at radius 3 is 1.33 bits per heavy atom. The van der Waals surface area contributed by atoms with E-state index < -0.39 is 0 Å². The van der Waals surface area contributed by atoms with E-state index in [0.29, 0.717) is 0 Å². The molecule has 332 valence electrons. The van der Waals surface area contributed by atoms with Gasteiger partial charge >= 0.3 is 112 Å². The van der Waals surface area contributed by atoms with Gasteiger partial charge in [0.05, 0.1) is 0 Å². The van der Waals surface area contributed by atoms with E-state index in [9.17, 15) is 0 Å². The van der Waals surface area contributed by atoms with Crippen LogP contribution >= 0.6 is 0 Å². The minimum absolute atomic E-state index is 0. The van der Waals surface area contributed by atoms with Crippen LogP contribution in [0.5, 0.6) is 0 Å². The zero-order valence-corrected chi connectivity index (χ0v) is 44.4. The van der Waals surface area contributed by atoms with E-state index in [1.165, 1.54) is 77.9 Å². The summed E-state index contributed by atoms with van der Waals surface area (Å²) in [7, 11) is 0. The molecule has 7 aromatic carbocycles. The van der Waals surface area contributed by atoms with Gasteiger partial charge in [0, 0.05) is 0 Å². The summed E-state index contributed by atoms with van der Waals surface area (Å²) < 4.78 is 1.60. The molecule has 0 fully saturated rings. The van der Waals surface area contributed by atoms with Crippen LogP contribution in [0.15, 0.2) is 158 Å². The van der Waals surface area contributed by atoms with Crippen molar-refractivity contribution < 1.29 is 49.0 Å². The van der Waals surface area contributed by atoms with Gasteiger partial charge in [-0.15, -0.1) is 28.8 Å². The second kappa shape index (κ2) is 22.0. The van der Waals surface area contributed by atoms with Crippen LogP contribution in [-0.2, 0) is 65.2 Å². The maximum Gasteiger partial charge on any atom is -0.172 e. The predicted octanol–water partition coefficient (Wildman–Crippen LogP) is 10.2. The molecule has 3 heteroatoms. The molecule has 0 bridgehead atoms. The fourth-order valence-electron chi connectivity index (χ4n) is 8.23. The Balaban J connectivity index is 0.000000321. The van der Waals surface area contributed by atoms with Crippen molar-refractivity contribution in [2.45, 2.75) is 124 Å². The van der Waals surface area contributed by atoms with E-state index in [1.54, 1.807) is 27.4 Å². The van der Waals surface area contributed by atoms with E-state index in [4.69, 9.17) is 0 Å². The van der Waals surface area contributed by atoms with Gasteiger partial charge in [-0.2, -0.15) is 18.2 Å². The van der Waals surface area contributed by atoms with Gasteiger partial charge in [0.15, 0.2) is 0 Å². The third-order valence-electron chi connectivity index (χ3n) is 11.9. The topological polar surface area (TPSA) is 0 Å². The van der Waals surface area contributed by atoms with Gasteiger partial charge in [-0.1, -0.05) is 160 Å². The number of rotatable bonds is 6. The Bertz CT molecular complexity index is 2350. The van der Waals surface area contributed by atoms with E-state index >= 15 is 0 Å². The normalized spacial score (nSPS) is 12.0. The smallest absolute Gasteiger partial charge is 0.172 e. The molecule has 0 nitrogen and oxygen atoms in total. The third-order valence-corrected chi connectivity index (χ3v) is 12.7. The zero-order chi connectivity index (χ0) is 44.9. The van der Waals surface area contributed by atoms with Gasteiger partial charge in [-0.3, -0.25) is 0 Å². The van der Waals surface area contributed by atoms with Crippen molar-refractivity contribution in [1.29, 1.82) is 0 Å². The summed E-state index contributed by atoms with van der Waals surface area (Å²) in [6.07, 6.45) is 3.17. The molecule has 0 aromatic heterocycles. The molecule has 64 heavy (non-hydrogen) atoms. The molecule has 7 aromatic rings. The average Bonchev–Trinajstić information content (AvgIpc) is 3.92. The van der Waals surface area contributed by atoms with Crippen LogP contribution < -0.4 is 24.8 Å². The summed E-state index contributed by atoms with van der Waals surface area (Å²) in [4.78, 5) is 0. The second-order valence-electron chi connectivity index (χ2n) is 21.2. The van der Waals surface area contributed by atoms with Crippen molar-refractivity contribution in [2.75, 3.05) is 0 Å². The monoisotopic (exact) mass is 960 g/mol. The third kappa shape index (κ3) is 13.8. The molecule has 0 spiro atoms. The Kier molecular flexibility index (Phi) is 18.1. The largest absolute Gasteiger partial charge is 0.214 e. The first kappa shape index (κ1) is 52.6. The van der Waals surface area contributed by atoms with Crippen LogP contribution in [0.4, 0.5) is 0 Å². The van der Waals surface area contributed by atoms with E-state index in [0.717, 1.165) is 19.3 Å². The second-order valence-corrected chi connectivity index (χ2v) is 23.0. The first-order valence-corrected chi connectivity index (χ1v) is 23.7. The first-order valence-electron chi connectivity index (χ1n) is 22.5. The molecule has 0 unspecified atom stereocenters. The summed E-state index contributed by atoms with van der Waals surface area (Å²) in [6.45, 7) is 27.7. The van der Waals surface area contributed by atoms with Gasteiger partial charge in [-0.05, 0) is 61.5 Å². The van der Waals surface area contributed by atoms with Crippen LogP contribution in [0.25, 0.3) is 33.4 Å². The zero-order valence-electron chi connectivity index (χ0n) is 40.4. The van der Waals surface area contributed by atoms with Crippen LogP contribution in [0, 0.1) is 6.07 Å². The van der Waals surface area contributed by atoms with Gasteiger partial charge in [0.1, 0.15) is 0 Å². The van der Waals surface area contributed by atoms with E-state index in [-0.39, 0.29) is 46.5 Å². The molecule has 1 aliphatic carbocycles. The average molecular weight is 963 g/mol. The molecule has 0 atom stereocenters. The molecule has 0 N–H and O–H groups in total.